The van der Waals surface area contributed by atoms with Gasteiger partial charge >= 0.3 is 12.1 Å². The van der Waals surface area contributed by atoms with E-state index in [0.29, 0.717) is 24.4 Å². The summed E-state index contributed by atoms with van der Waals surface area (Å²) >= 11 is 0. The number of hydrogen-bond donors (Lipinski definition) is 3. The second-order valence-electron chi connectivity index (χ2n) is 12.4. The number of hydrogen-bond acceptors (Lipinski definition) is 9. The van der Waals surface area contributed by atoms with E-state index in [4.69, 9.17) is 4.74 Å². The summed E-state index contributed by atoms with van der Waals surface area (Å²) in [7, 11) is 0. The number of aliphatic carboxylic acids is 1. The van der Waals surface area contributed by atoms with Gasteiger partial charge in [-0.25, -0.2) is 14.3 Å². The predicted octanol–water partition coefficient (Wildman–Crippen LogP) is 2.25. The summed E-state index contributed by atoms with van der Waals surface area (Å²) in [5.74, 6) is -2.11. The van der Waals surface area contributed by atoms with Crippen molar-refractivity contribution in [3.8, 4) is 11.5 Å². The molecule has 2 aromatic rings. The molecule has 1 saturated carbocycles. The lowest BCUT2D eigenvalue weighted by Gasteiger charge is -2.30. The van der Waals surface area contributed by atoms with Crippen LogP contribution in [0.15, 0.2) is 36.5 Å². The monoisotopic (exact) mass is 594 g/mol. The van der Waals surface area contributed by atoms with Gasteiger partial charge in [0.2, 0.25) is 17.6 Å². The number of carbonyl (C=O) groups is 4. The molecule has 43 heavy (non-hydrogen) atoms. The molecule has 0 spiro atoms. The van der Waals surface area contributed by atoms with Gasteiger partial charge in [-0.05, 0) is 69.0 Å². The van der Waals surface area contributed by atoms with E-state index in [1.807, 2.05) is 12.2 Å². The summed E-state index contributed by atoms with van der Waals surface area (Å²) in [6, 6.07) is 2.85. The van der Waals surface area contributed by atoms with Crippen LogP contribution in [0.25, 0.3) is 11.5 Å². The van der Waals surface area contributed by atoms with Crippen molar-refractivity contribution in [3.63, 3.8) is 0 Å². The molecule has 3 N–H and O–H groups in total. The van der Waals surface area contributed by atoms with Crippen molar-refractivity contribution in [1.82, 2.24) is 40.7 Å². The van der Waals surface area contributed by atoms with Crippen LogP contribution < -0.4 is 10.6 Å². The van der Waals surface area contributed by atoms with Gasteiger partial charge in [0.1, 0.15) is 28.9 Å². The number of carbonyl (C=O) groups excluding carboxylic acids is 3. The number of carboxylic acid groups (broad SMARTS) is 1. The van der Waals surface area contributed by atoms with E-state index in [9.17, 15) is 24.3 Å². The first-order valence-electron chi connectivity index (χ1n) is 14.7. The number of carboxylic acids is 1. The van der Waals surface area contributed by atoms with Crippen LogP contribution in [0, 0.1) is 5.92 Å². The van der Waals surface area contributed by atoms with Gasteiger partial charge in [0.25, 0.3) is 0 Å². The van der Waals surface area contributed by atoms with Crippen molar-refractivity contribution in [2.24, 2.45) is 5.92 Å². The fraction of sp³-hybridized carbons (Fsp3) is 0.586. The maximum Gasteiger partial charge on any atom is 0.408 e. The third-order valence-electron chi connectivity index (χ3n) is 8.06. The first-order chi connectivity index (χ1) is 20.5. The van der Waals surface area contributed by atoms with Crippen LogP contribution in [0.1, 0.15) is 71.8 Å². The molecular formula is C29H38N8O6. The van der Waals surface area contributed by atoms with Crippen LogP contribution in [0.4, 0.5) is 4.79 Å². The molecule has 0 aromatic carbocycles. The lowest BCUT2D eigenvalue weighted by molar-refractivity contribution is -0.145. The number of amides is 3. The number of allylic oxidation sites excluding steroid dienone is 1. The molecule has 3 aliphatic rings. The zero-order valence-electron chi connectivity index (χ0n) is 24.6. The molecule has 1 saturated heterocycles. The summed E-state index contributed by atoms with van der Waals surface area (Å²) in [4.78, 5) is 58.8. The molecule has 5 atom stereocenters. The van der Waals surface area contributed by atoms with Gasteiger partial charge in [0.15, 0.2) is 0 Å². The molecular weight excluding hydrogens is 556 g/mol. The molecule has 5 rings (SSSR count). The normalized spacial score (nSPS) is 28.9. The van der Waals surface area contributed by atoms with E-state index in [1.165, 1.54) is 4.90 Å². The van der Waals surface area contributed by atoms with Gasteiger partial charge < -0.3 is 25.4 Å². The molecule has 4 heterocycles. The molecule has 3 amide bonds. The van der Waals surface area contributed by atoms with Gasteiger partial charge in [-0.3, -0.25) is 14.6 Å². The minimum absolute atomic E-state index is 0.0672. The zero-order valence-corrected chi connectivity index (χ0v) is 24.6. The Morgan fingerprint density at radius 1 is 1.19 bits per heavy atom. The SMILES string of the molecule is CC(C)(C)OC(=O)N[C@H]1CCCCC/C=C\[C@@H]2C[C@]2(C(=O)O)NC(=O)[C@@H]2C[C@H](n3nnnc3-c3ccccn3)CN2C1=O. The van der Waals surface area contributed by atoms with Crippen molar-refractivity contribution in [2.75, 3.05) is 6.54 Å². The van der Waals surface area contributed by atoms with Crippen molar-refractivity contribution in [3.05, 3.63) is 36.5 Å². The summed E-state index contributed by atoms with van der Waals surface area (Å²) in [6.07, 6.45) is 8.52. The van der Waals surface area contributed by atoms with Crippen LogP contribution >= 0.6 is 0 Å². The Bertz CT molecular complexity index is 1390. The highest BCUT2D eigenvalue weighted by Crippen LogP contribution is 2.45. The lowest BCUT2D eigenvalue weighted by Crippen LogP contribution is -2.56. The average Bonchev–Trinajstić information content (AvgIpc) is 3.27. The Kier molecular flexibility index (Phi) is 8.47. The largest absolute Gasteiger partial charge is 0.479 e. The van der Waals surface area contributed by atoms with E-state index < -0.39 is 53.1 Å². The molecule has 0 unspecified atom stereocenters. The molecule has 230 valence electrons. The number of ether oxygens (including phenoxy) is 1. The highest BCUT2D eigenvalue weighted by molar-refractivity contribution is 5.96. The van der Waals surface area contributed by atoms with Crippen LogP contribution in [-0.4, -0.2) is 88.8 Å². The number of fused-ring (bicyclic) bond motifs is 2. The van der Waals surface area contributed by atoms with Gasteiger partial charge in [-0.2, -0.15) is 0 Å². The summed E-state index contributed by atoms with van der Waals surface area (Å²) < 4.78 is 6.98. The Morgan fingerprint density at radius 3 is 2.72 bits per heavy atom. The highest BCUT2D eigenvalue weighted by Gasteiger charge is 2.61. The van der Waals surface area contributed by atoms with Crippen LogP contribution in [0.5, 0.6) is 0 Å². The van der Waals surface area contributed by atoms with Crippen molar-refractivity contribution in [2.45, 2.75) is 95.0 Å². The second-order valence-corrected chi connectivity index (χ2v) is 12.4. The number of pyridine rings is 1. The fourth-order valence-corrected chi connectivity index (χ4v) is 5.81. The van der Waals surface area contributed by atoms with E-state index in [-0.39, 0.29) is 25.3 Å². The Balaban J connectivity index is 1.47. The number of nitrogens with one attached hydrogen (secondary N) is 2. The minimum Gasteiger partial charge on any atom is -0.479 e. The maximum atomic E-state index is 14.2. The Labute approximate surface area is 249 Å². The van der Waals surface area contributed by atoms with Crippen molar-refractivity contribution >= 4 is 23.9 Å². The molecule has 14 nitrogen and oxygen atoms in total. The number of aromatic nitrogens is 5. The quantitative estimate of drug-likeness (QED) is 0.444. The fourth-order valence-electron chi connectivity index (χ4n) is 5.81. The van der Waals surface area contributed by atoms with E-state index in [0.717, 1.165) is 19.3 Å². The van der Waals surface area contributed by atoms with E-state index in [1.54, 1.807) is 49.8 Å². The molecule has 2 fully saturated rings. The average molecular weight is 595 g/mol. The first-order valence-corrected chi connectivity index (χ1v) is 14.7. The lowest BCUT2D eigenvalue weighted by atomic mass is 10.0. The van der Waals surface area contributed by atoms with E-state index >= 15 is 0 Å². The predicted molar refractivity (Wildman–Crippen MR) is 152 cm³/mol. The van der Waals surface area contributed by atoms with Gasteiger partial charge in [0, 0.05) is 25.1 Å². The number of tetrazole rings is 1. The molecule has 0 bridgehead atoms. The number of alkyl carbamates (subject to hydrolysis) is 1. The van der Waals surface area contributed by atoms with Crippen molar-refractivity contribution < 1.29 is 29.0 Å². The van der Waals surface area contributed by atoms with Gasteiger partial charge in [0.05, 0.1) is 6.04 Å². The number of rotatable bonds is 4. The van der Waals surface area contributed by atoms with Crippen LogP contribution in [0.3, 0.4) is 0 Å². The Hall–Kier alpha value is -4.36. The van der Waals surface area contributed by atoms with Crippen LogP contribution in [-0.2, 0) is 19.1 Å². The minimum atomic E-state index is -1.43. The van der Waals surface area contributed by atoms with Gasteiger partial charge in [-0.15, -0.1) is 5.10 Å². The maximum absolute atomic E-state index is 14.2. The standard InChI is InChI=1S/C29H38N8O6/c1-28(2,3)43-27(42)31-21-13-8-6-4-5-7-11-18-16-29(18,26(40)41)32-24(38)22-15-19(17-36(22)25(21)39)37-23(33-34-35-37)20-12-9-10-14-30-20/h7,9-12,14,18-19,21-22H,4-6,8,13,15-17H2,1-3H3,(H,31,42)(H,32,38)(H,40,41)/b11-7-/t18-,19+,21+,22+,29+/m1/s1. The van der Waals surface area contributed by atoms with Crippen molar-refractivity contribution in [1.29, 1.82) is 0 Å². The summed E-state index contributed by atoms with van der Waals surface area (Å²) in [6.45, 7) is 5.27. The number of nitrogens with zero attached hydrogens (tertiary/aromatic N) is 6. The molecule has 2 aromatic heterocycles. The third kappa shape index (κ3) is 6.67. The molecule has 0 radical (unpaired) electrons. The van der Waals surface area contributed by atoms with Crippen LogP contribution in [0.2, 0.25) is 0 Å². The molecule has 2 aliphatic heterocycles. The van der Waals surface area contributed by atoms with Gasteiger partial charge in [-0.1, -0.05) is 31.1 Å². The highest BCUT2D eigenvalue weighted by atomic mass is 16.6. The zero-order chi connectivity index (χ0) is 30.8. The first kappa shape index (κ1) is 30.1. The Morgan fingerprint density at radius 2 is 2.00 bits per heavy atom. The second kappa shape index (κ2) is 12.1. The molecule has 14 heteroatoms. The smallest absolute Gasteiger partial charge is 0.408 e. The van der Waals surface area contributed by atoms with E-state index in [2.05, 4.69) is 31.1 Å². The summed E-state index contributed by atoms with van der Waals surface area (Å²) in [5.41, 5.74) is -1.67. The molecule has 1 aliphatic carbocycles. The third-order valence-corrected chi connectivity index (χ3v) is 8.06. The summed E-state index contributed by atoms with van der Waals surface area (Å²) in [5, 5.41) is 27.7. The topological polar surface area (TPSA) is 182 Å².